The lowest BCUT2D eigenvalue weighted by Crippen LogP contribution is -2.69. The molecule has 16 unspecified atom stereocenters. The van der Waals surface area contributed by atoms with Crippen molar-refractivity contribution in [3.05, 3.63) is 0 Å². The van der Waals surface area contributed by atoms with Gasteiger partial charge in [-0.1, -0.05) is 0 Å². The number of carboxylic acids is 1. The second-order valence-corrected chi connectivity index (χ2v) is 11.9. The third-order valence-corrected chi connectivity index (χ3v) is 8.25. The van der Waals surface area contributed by atoms with Gasteiger partial charge in [-0.2, -0.15) is 0 Å². The summed E-state index contributed by atoms with van der Waals surface area (Å²) in [6, 6.07) is -2.77. The van der Waals surface area contributed by atoms with Crippen molar-refractivity contribution in [2.45, 2.75) is 118 Å². The van der Waals surface area contributed by atoms with E-state index in [0.717, 1.165) is 13.8 Å². The van der Waals surface area contributed by atoms with Crippen molar-refractivity contribution in [1.29, 1.82) is 0 Å². The van der Waals surface area contributed by atoms with Gasteiger partial charge < -0.3 is 95.9 Å². The zero-order valence-corrected chi connectivity index (χ0v) is 26.6. The largest absolute Gasteiger partial charge is 0.477 e. The minimum absolute atomic E-state index is 0.0488. The normalized spacial score (nSPS) is 41.0. The van der Waals surface area contributed by atoms with Crippen LogP contribution in [0, 0.1) is 0 Å². The number of nitrogens with two attached hydrogens (primary N) is 1. The summed E-state index contributed by atoms with van der Waals surface area (Å²) in [5.74, 6) is -6.03. The molecule has 3 aliphatic rings. The first-order valence-corrected chi connectivity index (χ1v) is 15.4. The Labute approximate surface area is 279 Å². The molecule has 3 fully saturated rings. The first kappa shape index (κ1) is 41.2. The molecule has 3 aliphatic heterocycles. The molecule has 0 aliphatic carbocycles. The topological polar surface area (TPSA) is 359 Å². The van der Waals surface area contributed by atoms with Crippen molar-refractivity contribution in [2.24, 2.45) is 5.73 Å². The molecular weight excluding hydrogens is 670 g/mol. The molecule has 0 aromatic heterocycles. The Balaban J connectivity index is 1.84. The van der Waals surface area contributed by atoms with Gasteiger partial charge in [0, 0.05) is 26.8 Å². The van der Waals surface area contributed by atoms with Crippen LogP contribution in [0.1, 0.15) is 20.3 Å². The lowest BCUT2D eigenvalue weighted by molar-refractivity contribution is -0.360. The van der Waals surface area contributed by atoms with Crippen molar-refractivity contribution >= 4 is 17.8 Å². The molecule has 16 atom stereocenters. The van der Waals surface area contributed by atoms with E-state index in [4.69, 9.17) is 34.2 Å². The van der Waals surface area contributed by atoms with Crippen LogP contribution in [0.4, 0.5) is 0 Å². The van der Waals surface area contributed by atoms with Gasteiger partial charge in [0.2, 0.25) is 11.8 Å². The number of ether oxygens (including phenoxy) is 6. The number of aliphatic hydroxyl groups excluding tert-OH is 9. The summed E-state index contributed by atoms with van der Waals surface area (Å²) >= 11 is 0. The SMILES string of the molecule is CC(=O)NC1C(OCCN)OC(CO)C(OC2OC(COC3(C(=O)O)CC(O)C(NC(C)=O)C(C(O)C(O)CO)O3)C(O)C(O)C2O)C1O. The van der Waals surface area contributed by atoms with Gasteiger partial charge in [0.05, 0.1) is 38.6 Å². The first-order chi connectivity index (χ1) is 23.0. The predicted molar refractivity (Wildman–Crippen MR) is 154 cm³/mol. The molecule has 49 heavy (non-hydrogen) atoms. The molecule has 3 heterocycles. The fourth-order valence-electron chi connectivity index (χ4n) is 5.77. The molecule has 3 saturated heterocycles. The molecule has 14 N–H and O–H groups in total. The van der Waals surface area contributed by atoms with E-state index in [1.54, 1.807) is 0 Å². The van der Waals surface area contributed by atoms with Crippen LogP contribution in [0.15, 0.2) is 0 Å². The third-order valence-electron chi connectivity index (χ3n) is 8.25. The molecule has 284 valence electrons. The second-order valence-electron chi connectivity index (χ2n) is 11.9. The van der Waals surface area contributed by atoms with E-state index in [1.807, 2.05) is 0 Å². The molecule has 0 saturated carbocycles. The third kappa shape index (κ3) is 9.56. The standard InChI is InChI=1S/C27H47N3O19/c1-9(33)29-15-11(35)5-27(26(42)43,49-23(15)17(37)12(36)6-31)45-8-14-18(38)20(40)21(41)25(47-14)48-22-13(7-32)46-24(44-4-3-28)16(19(22)39)30-10(2)34/h11-25,31-32,35-41H,3-8,28H2,1-2H3,(H,29,33)(H,30,34)(H,42,43). The highest BCUT2D eigenvalue weighted by molar-refractivity contribution is 5.76. The van der Waals surface area contributed by atoms with Crippen LogP contribution < -0.4 is 16.4 Å². The summed E-state index contributed by atoms with van der Waals surface area (Å²) in [4.78, 5) is 36.1. The Morgan fingerprint density at radius 2 is 1.51 bits per heavy atom. The fraction of sp³-hybridized carbons (Fsp3) is 0.889. The Kier molecular flexibility index (Phi) is 15.0. The molecule has 22 heteroatoms. The number of rotatable bonds is 15. The van der Waals surface area contributed by atoms with Gasteiger partial charge in [-0.25, -0.2) is 4.79 Å². The second kappa shape index (κ2) is 17.8. The number of hydrogen-bond donors (Lipinski definition) is 13. The minimum Gasteiger partial charge on any atom is -0.477 e. The summed E-state index contributed by atoms with van der Waals surface area (Å²) in [5.41, 5.74) is 5.46. The Hall–Kier alpha value is -2.23. The molecule has 2 amide bonds. The summed E-state index contributed by atoms with van der Waals surface area (Å²) in [6.07, 6.45) is -24.1. The van der Waals surface area contributed by atoms with Crippen molar-refractivity contribution in [2.75, 3.05) is 33.0 Å². The fourth-order valence-corrected chi connectivity index (χ4v) is 5.77. The van der Waals surface area contributed by atoms with Crippen molar-refractivity contribution in [1.82, 2.24) is 10.6 Å². The highest BCUT2D eigenvalue weighted by atomic mass is 16.8. The van der Waals surface area contributed by atoms with E-state index in [0.29, 0.717) is 0 Å². The number of aliphatic hydroxyl groups is 9. The molecule has 0 aromatic carbocycles. The number of hydrogen-bond acceptors (Lipinski definition) is 19. The number of carbonyl (C=O) groups is 3. The van der Waals surface area contributed by atoms with Crippen LogP contribution in [0.25, 0.3) is 0 Å². The lowest BCUT2D eigenvalue weighted by atomic mass is 9.88. The molecule has 0 spiro atoms. The Morgan fingerprint density at radius 1 is 0.898 bits per heavy atom. The maximum absolute atomic E-state index is 12.5. The van der Waals surface area contributed by atoms with Crippen molar-refractivity contribution in [3.63, 3.8) is 0 Å². The van der Waals surface area contributed by atoms with Crippen LogP contribution in [0.3, 0.4) is 0 Å². The van der Waals surface area contributed by atoms with Crippen LogP contribution >= 0.6 is 0 Å². The maximum Gasteiger partial charge on any atom is 0.364 e. The van der Waals surface area contributed by atoms with Gasteiger partial charge in [0.15, 0.2) is 12.6 Å². The number of carboxylic acid groups (broad SMARTS) is 1. The van der Waals surface area contributed by atoms with Gasteiger partial charge in [-0.15, -0.1) is 0 Å². The van der Waals surface area contributed by atoms with E-state index < -0.39 is 142 Å². The molecule has 0 aromatic rings. The monoisotopic (exact) mass is 717 g/mol. The maximum atomic E-state index is 12.5. The zero-order chi connectivity index (χ0) is 36.8. The summed E-state index contributed by atoms with van der Waals surface area (Å²) in [5, 5.41) is 109. The van der Waals surface area contributed by atoms with Crippen LogP contribution in [0.5, 0.6) is 0 Å². The highest BCUT2D eigenvalue weighted by Gasteiger charge is 2.57. The average Bonchev–Trinajstić information content (AvgIpc) is 3.05. The predicted octanol–water partition coefficient (Wildman–Crippen LogP) is -8.10. The average molecular weight is 718 g/mol. The highest BCUT2D eigenvalue weighted by Crippen LogP contribution is 2.35. The number of aliphatic carboxylic acids is 1. The zero-order valence-electron chi connectivity index (χ0n) is 26.6. The van der Waals surface area contributed by atoms with Crippen LogP contribution in [0.2, 0.25) is 0 Å². The summed E-state index contributed by atoms with van der Waals surface area (Å²) in [6.45, 7) is -0.558. The molecule has 0 radical (unpaired) electrons. The van der Waals surface area contributed by atoms with Gasteiger partial charge >= 0.3 is 5.97 Å². The van der Waals surface area contributed by atoms with Gasteiger partial charge in [-0.3, -0.25) is 9.59 Å². The van der Waals surface area contributed by atoms with Gasteiger partial charge in [0.1, 0.15) is 67.1 Å². The molecule has 3 rings (SSSR count). The van der Waals surface area contributed by atoms with Gasteiger partial charge in [0.25, 0.3) is 5.79 Å². The van der Waals surface area contributed by atoms with Crippen LogP contribution in [-0.4, -0.2) is 199 Å². The smallest absolute Gasteiger partial charge is 0.364 e. The number of nitrogens with one attached hydrogen (secondary N) is 2. The summed E-state index contributed by atoms with van der Waals surface area (Å²) < 4.78 is 33.4. The Morgan fingerprint density at radius 3 is 2.06 bits per heavy atom. The Bertz CT molecular complexity index is 1110. The molecule has 22 nitrogen and oxygen atoms in total. The van der Waals surface area contributed by atoms with E-state index in [2.05, 4.69) is 10.6 Å². The number of carbonyl (C=O) groups excluding carboxylic acids is 2. The van der Waals surface area contributed by atoms with E-state index in [1.165, 1.54) is 0 Å². The minimum atomic E-state index is -2.84. The van der Waals surface area contributed by atoms with Crippen LogP contribution in [-0.2, 0) is 42.8 Å². The molecule has 0 bridgehead atoms. The van der Waals surface area contributed by atoms with E-state index in [-0.39, 0.29) is 13.2 Å². The van der Waals surface area contributed by atoms with Crippen molar-refractivity contribution < 1.29 is 93.9 Å². The van der Waals surface area contributed by atoms with E-state index in [9.17, 15) is 65.4 Å². The van der Waals surface area contributed by atoms with Gasteiger partial charge in [-0.05, 0) is 0 Å². The quantitative estimate of drug-likeness (QED) is 0.0748. The first-order valence-electron chi connectivity index (χ1n) is 15.4. The lowest BCUT2D eigenvalue weighted by Gasteiger charge is -2.48. The van der Waals surface area contributed by atoms with Crippen molar-refractivity contribution in [3.8, 4) is 0 Å². The molecular formula is C27H47N3O19. The number of amides is 2. The summed E-state index contributed by atoms with van der Waals surface area (Å²) in [7, 11) is 0. The van der Waals surface area contributed by atoms with E-state index >= 15 is 0 Å².